The van der Waals surface area contributed by atoms with Gasteiger partial charge >= 0.3 is 0 Å². The Kier molecular flexibility index (Phi) is 3.80. The smallest absolute Gasteiger partial charge is 0.238 e. The summed E-state index contributed by atoms with van der Waals surface area (Å²) in [6.45, 7) is 0. The number of ether oxygens (including phenoxy) is 2. The van der Waals surface area contributed by atoms with Gasteiger partial charge < -0.3 is 15.2 Å². The molecule has 2 aromatic rings. The van der Waals surface area contributed by atoms with Crippen molar-refractivity contribution in [2.45, 2.75) is 4.90 Å². The molecule has 0 spiro atoms. The van der Waals surface area contributed by atoms with Crippen LogP contribution in [0.2, 0.25) is 0 Å². The van der Waals surface area contributed by atoms with Gasteiger partial charge in [-0.15, -0.1) is 0 Å². The van der Waals surface area contributed by atoms with Crippen molar-refractivity contribution in [3.05, 3.63) is 36.5 Å². The lowest BCUT2D eigenvalue weighted by molar-refractivity contribution is 0.370. The molecule has 1 heterocycles. The third kappa shape index (κ3) is 3.00. The topological polar surface area (TPSA) is 91.5 Å². The second-order valence-electron chi connectivity index (χ2n) is 4.09. The molecular weight excluding hydrogens is 280 g/mol. The SMILES string of the molecule is COc1cc(N)ccc1Oc1ncccc1S(C)(=O)=O. The molecule has 7 heteroatoms. The first-order valence-corrected chi connectivity index (χ1v) is 7.57. The van der Waals surface area contributed by atoms with E-state index in [0.717, 1.165) is 6.26 Å². The molecule has 0 radical (unpaired) electrons. The summed E-state index contributed by atoms with van der Waals surface area (Å²) in [5.74, 6) is 0.735. The third-order valence-electron chi connectivity index (χ3n) is 2.53. The third-order valence-corrected chi connectivity index (χ3v) is 3.64. The molecule has 1 aromatic carbocycles. The number of hydrogen-bond acceptors (Lipinski definition) is 6. The van der Waals surface area contributed by atoms with Gasteiger partial charge in [-0.3, -0.25) is 0 Å². The number of pyridine rings is 1. The van der Waals surface area contributed by atoms with Gasteiger partial charge in [0.05, 0.1) is 7.11 Å². The summed E-state index contributed by atoms with van der Waals surface area (Å²) >= 11 is 0. The molecule has 0 fully saturated rings. The van der Waals surface area contributed by atoms with E-state index in [9.17, 15) is 8.42 Å². The molecule has 0 amide bonds. The highest BCUT2D eigenvalue weighted by Crippen LogP contribution is 2.34. The van der Waals surface area contributed by atoms with E-state index in [0.29, 0.717) is 17.2 Å². The summed E-state index contributed by atoms with van der Waals surface area (Å²) in [7, 11) is -1.96. The van der Waals surface area contributed by atoms with Crippen LogP contribution < -0.4 is 15.2 Å². The number of nitrogens with zero attached hydrogens (tertiary/aromatic N) is 1. The molecule has 0 aliphatic carbocycles. The lowest BCUT2D eigenvalue weighted by Gasteiger charge is -2.12. The van der Waals surface area contributed by atoms with Crippen LogP contribution in [0.1, 0.15) is 0 Å². The molecule has 0 aliphatic heterocycles. The number of aromatic nitrogens is 1. The predicted molar refractivity (Wildman–Crippen MR) is 74.8 cm³/mol. The first-order chi connectivity index (χ1) is 9.41. The number of hydrogen-bond donors (Lipinski definition) is 1. The number of methoxy groups -OCH3 is 1. The van der Waals surface area contributed by atoms with E-state index >= 15 is 0 Å². The average Bonchev–Trinajstić information content (AvgIpc) is 2.40. The predicted octanol–water partition coefficient (Wildman–Crippen LogP) is 1.87. The van der Waals surface area contributed by atoms with E-state index in [1.807, 2.05) is 0 Å². The Morgan fingerprint density at radius 1 is 1.20 bits per heavy atom. The van der Waals surface area contributed by atoms with Crippen LogP contribution in [0.15, 0.2) is 41.4 Å². The first-order valence-electron chi connectivity index (χ1n) is 5.68. The maximum atomic E-state index is 11.7. The van der Waals surface area contributed by atoms with Gasteiger partial charge in [-0.2, -0.15) is 0 Å². The summed E-state index contributed by atoms with van der Waals surface area (Å²) in [6, 6.07) is 7.76. The quantitative estimate of drug-likeness (QED) is 0.865. The van der Waals surface area contributed by atoms with Crippen molar-refractivity contribution >= 4 is 15.5 Å². The summed E-state index contributed by atoms with van der Waals surface area (Å²) in [6.07, 6.45) is 2.55. The minimum absolute atomic E-state index is 0.00179. The van der Waals surface area contributed by atoms with Gasteiger partial charge in [0, 0.05) is 24.2 Å². The Morgan fingerprint density at radius 2 is 1.95 bits per heavy atom. The minimum Gasteiger partial charge on any atom is -0.493 e. The molecule has 106 valence electrons. The minimum atomic E-state index is -3.43. The largest absolute Gasteiger partial charge is 0.493 e. The van der Waals surface area contributed by atoms with Crippen LogP contribution in [0.4, 0.5) is 5.69 Å². The fraction of sp³-hybridized carbons (Fsp3) is 0.154. The molecule has 0 saturated carbocycles. The summed E-state index contributed by atoms with van der Waals surface area (Å²) in [5.41, 5.74) is 6.16. The highest BCUT2D eigenvalue weighted by molar-refractivity contribution is 7.90. The number of anilines is 1. The molecule has 2 rings (SSSR count). The second kappa shape index (κ2) is 5.38. The fourth-order valence-corrected chi connectivity index (χ4v) is 2.34. The van der Waals surface area contributed by atoms with E-state index < -0.39 is 9.84 Å². The number of nitrogens with two attached hydrogens (primary N) is 1. The molecule has 1 aromatic heterocycles. The van der Waals surface area contributed by atoms with Crippen LogP contribution in [-0.4, -0.2) is 26.8 Å². The van der Waals surface area contributed by atoms with Crippen LogP contribution >= 0.6 is 0 Å². The number of rotatable bonds is 4. The van der Waals surface area contributed by atoms with E-state index in [-0.39, 0.29) is 10.8 Å². The summed E-state index contributed by atoms with van der Waals surface area (Å²) < 4.78 is 34.0. The number of nitrogen functional groups attached to an aromatic ring is 1. The van der Waals surface area contributed by atoms with Crippen molar-refractivity contribution in [3.8, 4) is 17.4 Å². The molecule has 2 N–H and O–H groups in total. The van der Waals surface area contributed by atoms with Gasteiger partial charge in [-0.1, -0.05) is 0 Å². The summed E-state index contributed by atoms with van der Waals surface area (Å²) in [5, 5.41) is 0. The highest BCUT2D eigenvalue weighted by Gasteiger charge is 2.17. The summed E-state index contributed by atoms with van der Waals surface area (Å²) in [4.78, 5) is 3.96. The standard InChI is InChI=1S/C13H14N2O4S/c1-18-11-8-9(14)5-6-10(11)19-13-12(20(2,16)17)4-3-7-15-13/h3-8H,14H2,1-2H3. The van der Waals surface area contributed by atoms with E-state index in [2.05, 4.69) is 4.98 Å². The van der Waals surface area contributed by atoms with E-state index in [1.54, 1.807) is 18.2 Å². The van der Waals surface area contributed by atoms with Gasteiger partial charge in [0.2, 0.25) is 5.88 Å². The van der Waals surface area contributed by atoms with E-state index in [4.69, 9.17) is 15.2 Å². The van der Waals surface area contributed by atoms with Crippen molar-refractivity contribution in [3.63, 3.8) is 0 Å². The molecule has 0 saturated heterocycles. The molecule has 0 atom stereocenters. The van der Waals surface area contributed by atoms with E-state index in [1.165, 1.54) is 25.4 Å². The van der Waals surface area contributed by atoms with Gasteiger partial charge in [-0.05, 0) is 24.3 Å². The molecule has 0 aliphatic rings. The van der Waals surface area contributed by atoms with Crippen molar-refractivity contribution in [2.24, 2.45) is 0 Å². The van der Waals surface area contributed by atoms with Crippen LogP contribution in [-0.2, 0) is 9.84 Å². The average molecular weight is 294 g/mol. The highest BCUT2D eigenvalue weighted by atomic mass is 32.2. The molecule has 0 unspecified atom stereocenters. The zero-order valence-electron chi connectivity index (χ0n) is 11.0. The zero-order chi connectivity index (χ0) is 14.8. The van der Waals surface area contributed by atoms with Crippen LogP contribution in [0.3, 0.4) is 0 Å². The van der Waals surface area contributed by atoms with Crippen LogP contribution in [0.25, 0.3) is 0 Å². The second-order valence-corrected chi connectivity index (χ2v) is 6.08. The Balaban J connectivity index is 2.46. The van der Waals surface area contributed by atoms with Crippen molar-refractivity contribution in [1.82, 2.24) is 4.98 Å². The zero-order valence-corrected chi connectivity index (χ0v) is 11.8. The van der Waals surface area contributed by atoms with Crippen LogP contribution in [0, 0.1) is 0 Å². The van der Waals surface area contributed by atoms with Gasteiger partial charge in [-0.25, -0.2) is 13.4 Å². The normalized spacial score (nSPS) is 11.1. The van der Waals surface area contributed by atoms with Crippen molar-refractivity contribution in [2.75, 3.05) is 19.1 Å². The lowest BCUT2D eigenvalue weighted by atomic mass is 10.3. The Morgan fingerprint density at radius 3 is 2.60 bits per heavy atom. The number of benzene rings is 1. The maximum absolute atomic E-state index is 11.7. The van der Waals surface area contributed by atoms with Gasteiger partial charge in [0.1, 0.15) is 4.90 Å². The maximum Gasteiger partial charge on any atom is 0.238 e. The van der Waals surface area contributed by atoms with Crippen molar-refractivity contribution < 1.29 is 17.9 Å². The van der Waals surface area contributed by atoms with Gasteiger partial charge in [0.15, 0.2) is 21.3 Å². The molecule has 6 nitrogen and oxygen atoms in total. The van der Waals surface area contributed by atoms with Crippen LogP contribution in [0.5, 0.6) is 17.4 Å². The molecular formula is C13H14N2O4S. The molecule has 20 heavy (non-hydrogen) atoms. The Hall–Kier alpha value is -2.28. The first kappa shape index (κ1) is 14.1. The fourth-order valence-electron chi connectivity index (χ4n) is 1.61. The lowest BCUT2D eigenvalue weighted by Crippen LogP contribution is -2.02. The Labute approximate surface area is 117 Å². The van der Waals surface area contributed by atoms with Crippen molar-refractivity contribution in [1.29, 1.82) is 0 Å². The van der Waals surface area contributed by atoms with Gasteiger partial charge in [0.25, 0.3) is 0 Å². The Bertz CT molecular complexity index is 729. The molecule has 0 bridgehead atoms. The monoisotopic (exact) mass is 294 g/mol. The number of sulfone groups is 1.